The summed E-state index contributed by atoms with van der Waals surface area (Å²) in [5.41, 5.74) is 5.74. The first-order chi connectivity index (χ1) is 10.7. The average molecular weight is 403 g/mol. The molecule has 0 aliphatic carbocycles. The number of halogens is 2. The van der Waals surface area contributed by atoms with Crippen LogP contribution in [0.4, 0.5) is 4.39 Å². The SMILES string of the molecule is NC(=O)c1ccc(F)cc1Br.O=S(=O)(O)/C=C/c1ccccn1. The van der Waals surface area contributed by atoms with Crippen LogP contribution in [0.3, 0.4) is 0 Å². The molecule has 0 saturated carbocycles. The Bertz CT molecular complexity index is 811. The number of primary amides is 1. The minimum Gasteiger partial charge on any atom is -0.366 e. The van der Waals surface area contributed by atoms with Crippen molar-refractivity contribution >= 4 is 38.0 Å². The molecular formula is C14H12BrFN2O4S. The van der Waals surface area contributed by atoms with Gasteiger partial charge in [0.05, 0.1) is 16.7 Å². The summed E-state index contributed by atoms with van der Waals surface area (Å²) in [7, 11) is -4.04. The summed E-state index contributed by atoms with van der Waals surface area (Å²) in [6.07, 6.45) is 2.75. The van der Waals surface area contributed by atoms with Gasteiger partial charge in [0.15, 0.2) is 0 Å². The predicted octanol–water partition coefficient (Wildman–Crippen LogP) is 2.63. The average Bonchev–Trinajstić information content (AvgIpc) is 2.46. The highest BCUT2D eigenvalue weighted by atomic mass is 79.9. The smallest absolute Gasteiger partial charge is 0.287 e. The third kappa shape index (κ3) is 7.63. The topological polar surface area (TPSA) is 110 Å². The van der Waals surface area contributed by atoms with E-state index in [9.17, 15) is 17.6 Å². The van der Waals surface area contributed by atoms with E-state index in [0.717, 1.165) is 0 Å². The first kappa shape index (κ1) is 18.9. The molecule has 0 fully saturated rings. The third-order valence-corrected chi connectivity index (χ3v) is 3.43. The molecule has 2 rings (SSSR count). The Labute approximate surface area is 140 Å². The molecule has 1 heterocycles. The molecule has 122 valence electrons. The standard InChI is InChI=1S/C7H5BrFNO.C7H7NO3S/c8-6-3-4(9)1-2-5(6)7(10)11;9-12(10,11)6-4-7-3-1-2-5-8-7/h1-3H,(H2,10,11);1-6H,(H,9,10,11)/b;6-4+. The summed E-state index contributed by atoms with van der Waals surface area (Å²) in [4.78, 5) is 14.4. The predicted molar refractivity (Wildman–Crippen MR) is 87.4 cm³/mol. The van der Waals surface area contributed by atoms with Crippen molar-refractivity contribution in [1.82, 2.24) is 4.98 Å². The summed E-state index contributed by atoms with van der Waals surface area (Å²) in [5, 5.41) is 0.690. The second-order valence-corrected chi connectivity index (χ2v) is 6.22. The van der Waals surface area contributed by atoms with Crippen LogP contribution in [0.25, 0.3) is 6.08 Å². The van der Waals surface area contributed by atoms with Gasteiger partial charge in [0.25, 0.3) is 10.1 Å². The molecule has 1 aromatic carbocycles. The van der Waals surface area contributed by atoms with Gasteiger partial charge in [0.2, 0.25) is 5.91 Å². The summed E-state index contributed by atoms with van der Waals surface area (Å²) in [6.45, 7) is 0. The fraction of sp³-hybridized carbons (Fsp3) is 0. The van der Waals surface area contributed by atoms with E-state index in [1.54, 1.807) is 18.2 Å². The highest BCUT2D eigenvalue weighted by Gasteiger charge is 2.05. The van der Waals surface area contributed by atoms with Crippen LogP contribution in [0.2, 0.25) is 0 Å². The molecule has 6 nitrogen and oxygen atoms in total. The van der Waals surface area contributed by atoms with Gasteiger partial charge in [0.1, 0.15) is 5.82 Å². The maximum absolute atomic E-state index is 12.4. The van der Waals surface area contributed by atoms with Gasteiger partial charge in [-0.3, -0.25) is 14.3 Å². The summed E-state index contributed by atoms with van der Waals surface area (Å²) >= 11 is 3.01. The molecule has 0 unspecified atom stereocenters. The molecule has 2 aromatic rings. The molecule has 9 heteroatoms. The zero-order valence-electron chi connectivity index (χ0n) is 11.6. The maximum atomic E-state index is 12.4. The van der Waals surface area contributed by atoms with E-state index in [-0.39, 0.29) is 5.56 Å². The molecule has 0 saturated heterocycles. The summed E-state index contributed by atoms with van der Waals surface area (Å²) in [6, 6.07) is 8.77. The zero-order valence-corrected chi connectivity index (χ0v) is 14.0. The quantitative estimate of drug-likeness (QED) is 0.766. The van der Waals surface area contributed by atoms with Gasteiger partial charge in [0, 0.05) is 10.7 Å². The lowest BCUT2D eigenvalue weighted by atomic mass is 10.2. The number of nitrogens with two attached hydrogens (primary N) is 1. The van der Waals surface area contributed by atoms with Crippen LogP contribution in [0.15, 0.2) is 52.5 Å². The number of pyridine rings is 1. The number of hydrogen-bond donors (Lipinski definition) is 2. The Morgan fingerprint density at radius 2 is 2.00 bits per heavy atom. The zero-order chi connectivity index (χ0) is 17.5. The van der Waals surface area contributed by atoms with E-state index < -0.39 is 21.8 Å². The van der Waals surface area contributed by atoms with Gasteiger partial charge in [-0.15, -0.1) is 0 Å². The molecule has 0 radical (unpaired) electrons. The van der Waals surface area contributed by atoms with Crippen molar-refractivity contribution < 1.29 is 22.2 Å². The number of aromatic nitrogens is 1. The van der Waals surface area contributed by atoms with Crippen LogP contribution >= 0.6 is 15.9 Å². The van der Waals surface area contributed by atoms with E-state index >= 15 is 0 Å². The van der Waals surface area contributed by atoms with Crippen molar-refractivity contribution in [3.63, 3.8) is 0 Å². The lowest BCUT2D eigenvalue weighted by molar-refractivity contribution is 0.0999. The molecule has 1 aromatic heterocycles. The second-order valence-electron chi connectivity index (χ2n) is 4.06. The van der Waals surface area contributed by atoms with E-state index in [1.807, 2.05) is 0 Å². The third-order valence-electron chi connectivity index (χ3n) is 2.30. The van der Waals surface area contributed by atoms with Crippen LogP contribution < -0.4 is 5.73 Å². The molecule has 0 aliphatic rings. The second kappa shape index (κ2) is 8.51. The molecular weight excluding hydrogens is 391 g/mol. The van der Waals surface area contributed by atoms with E-state index in [1.165, 1.54) is 30.5 Å². The minimum absolute atomic E-state index is 0.284. The van der Waals surface area contributed by atoms with E-state index in [0.29, 0.717) is 15.6 Å². The molecule has 0 atom stereocenters. The highest BCUT2D eigenvalue weighted by molar-refractivity contribution is 9.10. The number of rotatable bonds is 3. The lowest BCUT2D eigenvalue weighted by Gasteiger charge is -1.97. The van der Waals surface area contributed by atoms with Gasteiger partial charge < -0.3 is 5.73 Å². The van der Waals surface area contributed by atoms with Crippen molar-refractivity contribution in [3.05, 3.63) is 69.6 Å². The number of hydrogen-bond acceptors (Lipinski definition) is 4. The Morgan fingerprint density at radius 3 is 2.48 bits per heavy atom. The number of amides is 1. The normalized spacial score (nSPS) is 10.9. The van der Waals surface area contributed by atoms with Gasteiger partial charge in [-0.2, -0.15) is 8.42 Å². The molecule has 0 aliphatic heterocycles. The fourth-order valence-corrected chi connectivity index (χ4v) is 2.18. The van der Waals surface area contributed by atoms with Crippen LogP contribution in [-0.2, 0) is 10.1 Å². The van der Waals surface area contributed by atoms with E-state index in [2.05, 4.69) is 20.9 Å². The monoisotopic (exact) mass is 402 g/mol. The van der Waals surface area contributed by atoms with Crippen molar-refractivity contribution in [1.29, 1.82) is 0 Å². The Hall–Kier alpha value is -2.10. The minimum atomic E-state index is -4.04. The molecule has 23 heavy (non-hydrogen) atoms. The van der Waals surface area contributed by atoms with Crippen LogP contribution in [0.5, 0.6) is 0 Å². The first-order valence-corrected chi connectivity index (χ1v) is 8.30. The Kier molecular flexibility index (Phi) is 7.01. The Balaban J connectivity index is 0.000000231. The van der Waals surface area contributed by atoms with Crippen LogP contribution in [-0.4, -0.2) is 23.9 Å². The molecule has 1 amide bonds. The van der Waals surface area contributed by atoms with Gasteiger partial charge in [-0.1, -0.05) is 6.07 Å². The number of nitrogens with zero attached hydrogens (tertiary/aromatic N) is 1. The van der Waals surface area contributed by atoms with Crippen molar-refractivity contribution in [2.45, 2.75) is 0 Å². The number of benzene rings is 1. The van der Waals surface area contributed by atoms with E-state index in [4.69, 9.17) is 10.3 Å². The van der Waals surface area contributed by atoms with Gasteiger partial charge >= 0.3 is 0 Å². The first-order valence-electron chi connectivity index (χ1n) is 6.00. The Morgan fingerprint density at radius 1 is 1.30 bits per heavy atom. The maximum Gasteiger partial charge on any atom is 0.287 e. The highest BCUT2D eigenvalue weighted by Crippen LogP contribution is 2.16. The van der Waals surface area contributed by atoms with Crippen LogP contribution in [0.1, 0.15) is 16.1 Å². The van der Waals surface area contributed by atoms with Gasteiger partial charge in [-0.25, -0.2) is 4.39 Å². The van der Waals surface area contributed by atoms with Crippen molar-refractivity contribution in [2.24, 2.45) is 5.73 Å². The molecule has 0 spiro atoms. The number of carbonyl (C=O) groups is 1. The molecule has 0 bridgehead atoms. The summed E-state index contributed by atoms with van der Waals surface area (Å²) < 4.78 is 41.6. The van der Waals surface area contributed by atoms with Crippen LogP contribution in [0, 0.1) is 5.82 Å². The van der Waals surface area contributed by atoms with Crippen molar-refractivity contribution in [2.75, 3.05) is 0 Å². The van der Waals surface area contributed by atoms with Gasteiger partial charge in [-0.05, 0) is 52.3 Å². The largest absolute Gasteiger partial charge is 0.366 e. The lowest BCUT2D eigenvalue weighted by Crippen LogP contribution is -2.11. The number of carbonyl (C=O) groups excluding carboxylic acids is 1. The van der Waals surface area contributed by atoms with Crippen molar-refractivity contribution in [3.8, 4) is 0 Å². The summed E-state index contributed by atoms with van der Waals surface area (Å²) in [5.74, 6) is -0.973. The molecule has 3 N–H and O–H groups in total. The fourth-order valence-electron chi connectivity index (χ4n) is 1.32.